The number of benzene rings is 2. The van der Waals surface area contributed by atoms with E-state index < -0.39 is 41.1 Å². The number of hydrogen-bond acceptors (Lipinski definition) is 3. The van der Waals surface area contributed by atoms with E-state index in [1.807, 2.05) is 0 Å². The second-order valence-electron chi connectivity index (χ2n) is 5.51. The SMILES string of the molecule is CC1N=C(C(F)(F)F)c2cc(C(=O)C(F)(F)F)c3ccccc3c2N1. The maximum Gasteiger partial charge on any atom is 0.454 e. The maximum atomic E-state index is 13.3. The highest BCUT2D eigenvalue weighted by Gasteiger charge is 2.44. The predicted molar refractivity (Wildman–Crippen MR) is 80.0 cm³/mol. The Morgan fingerprint density at radius 3 is 2.24 bits per heavy atom. The lowest BCUT2D eigenvalue weighted by Gasteiger charge is -2.27. The first-order valence-electron chi connectivity index (χ1n) is 7.09. The third-order valence-corrected chi connectivity index (χ3v) is 3.75. The topological polar surface area (TPSA) is 41.5 Å². The van der Waals surface area contributed by atoms with Crippen LogP contribution in [0.15, 0.2) is 35.3 Å². The minimum Gasteiger partial charge on any atom is -0.363 e. The summed E-state index contributed by atoms with van der Waals surface area (Å²) >= 11 is 0. The molecule has 1 unspecified atom stereocenters. The third kappa shape index (κ3) is 2.94. The van der Waals surface area contributed by atoms with E-state index in [2.05, 4.69) is 10.3 Å². The molecule has 1 N–H and O–H groups in total. The molecule has 0 aliphatic carbocycles. The van der Waals surface area contributed by atoms with Crippen LogP contribution in [-0.2, 0) is 0 Å². The van der Waals surface area contributed by atoms with Crippen LogP contribution in [0, 0.1) is 0 Å². The summed E-state index contributed by atoms with van der Waals surface area (Å²) in [6, 6.07) is 6.11. The van der Waals surface area contributed by atoms with Crippen molar-refractivity contribution in [2.24, 2.45) is 4.99 Å². The van der Waals surface area contributed by atoms with Crippen LogP contribution in [0.3, 0.4) is 0 Å². The maximum absolute atomic E-state index is 13.3. The minimum absolute atomic E-state index is 0.00384. The Balaban J connectivity index is 2.38. The van der Waals surface area contributed by atoms with Crippen LogP contribution in [0.5, 0.6) is 0 Å². The van der Waals surface area contributed by atoms with Crippen molar-refractivity contribution in [3.63, 3.8) is 0 Å². The number of carbonyl (C=O) groups is 1. The van der Waals surface area contributed by atoms with Gasteiger partial charge in [-0.3, -0.25) is 9.79 Å². The van der Waals surface area contributed by atoms with Gasteiger partial charge in [0.2, 0.25) is 0 Å². The van der Waals surface area contributed by atoms with Crippen LogP contribution < -0.4 is 5.32 Å². The summed E-state index contributed by atoms with van der Waals surface area (Å²) in [4.78, 5) is 15.2. The number of ketones is 1. The van der Waals surface area contributed by atoms with E-state index in [0.717, 1.165) is 0 Å². The average Bonchev–Trinajstić information content (AvgIpc) is 2.51. The third-order valence-electron chi connectivity index (χ3n) is 3.75. The van der Waals surface area contributed by atoms with Gasteiger partial charge in [0.1, 0.15) is 6.17 Å². The molecule has 25 heavy (non-hydrogen) atoms. The molecule has 2 aromatic carbocycles. The summed E-state index contributed by atoms with van der Waals surface area (Å²) in [7, 11) is 0. The molecule has 2 aromatic rings. The van der Waals surface area contributed by atoms with Crippen molar-refractivity contribution in [2.45, 2.75) is 25.4 Å². The quantitative estimate of drug-likeness (QED) is 0.591. The van der Waals surface area contributed by atoms with E-state index in [4.69, 9.17) is 0 Å². The van der Waals surface area contributed by atoms with Crippen LogP contribution in [-0.4, -0.2) is 30.0 Å². The smallest absolute Gasteiger partial charge is 0.363 e. The number of halogens is 6. The van der Waals surface area contributed by atoms with Gasteiger partial charge in [-0.05, 0) is 18.4 Å². The fourth-order valence-electron chi connectivity index (χ4n) is 2.79. The fraction of sp³-hybridized carbons (Fsp3) is 0.250. The number of fused-ring (bicyclic) bond motifs is 3. The van der Waals surface area contributed by atoms with Crippen LogP contribution in [0.4, 0.5) is 32.0 Å². The number of aliphatic imine (C=N–C) groups is 1. The summed E-state index contributed by atoms with van der Waals surface area (Å²) in [6.07, 6.45) is -11.0. The van der Waals surface area contributed by atoms with Gasteiger partial charge in [-0.25, -0.2) is 0 Å². The van der Waals surface area contributed by atoms with Crippen molar-refractivity contribution >= 4 is 28.0 Å². The van der Waals surface area contributed by atoms with Crippen molar-refractivity contribution in [3.8, 4) is 0 Å². The number of carbonyl (C=O) groups excluding carboxylic acids is 1. The number of anilines is 1. The summed E-state index contributed by atoms with van der Waals surface area (Å²) in [5, 5.41) is 2.75. The second-order valence-corrected chi connectivity index (χ2v) is 5.51. The average molecular weight is 360 g/mol. The molecule has 132 valence electrons. The van der Waals surface area contributed by atoms with Crippen LogP contribution in [0.25, 0.3) is 10.8 Å². The summed E-state index contributed by atoms with van der Waals surface area (Å²) in [6.45, 7) is 1.39. The number of rotatable bonds is 1. The van der Waals surface area contributed by atoms with Gasteiger partial charge in [-0.15, -0.1) is 0 Å². The Labute approximate surface area is 137 Å². The monoisotopic (exact) mass is 360 g/mol. The van der Waals surface area contributed by atoms with Gasteiger partial charge in [0.15, 0.2) is 5.71 Å². The molecule has 0 aromatic heterocycles. The molecule has 1 atom stereocenters. The molecular formula is C16H10F6N2O. The zero-order valence-corrected chi connectivity index (χ0v) is 12.6. The predicted octanol–water partition coefficient (Wildman–Crippen LogP) is 4.71. The van der Waals surface area contributed by atoms with E-state index in [1.54, 1.807) is 0 Å². The minimum atomic E-state index is -5.21. The molecule has 0 bridgehead atoms. The van der Waals surface area contributed by atoms with Crippen molar-refractivity contribution in [1.29, 1.82) is 0 Å². The number of nitrogens with zero attached hydrogens (tertiary/aromatic N) is 1. The first-order chi connectivity index (χ1) is 11.5. The fourth-order valence-corrected chi connectivity index (χ4v) is 2.79. The first kappa shape index (κ1) is 17.2. The molecule has 1 aliphatic rings. The van der Waals surface area contributed by atoms with Gasteiger partial charge >= 0.3 is 12.4 Å². The normalized spacial score (nSPS) is 17.7. The van der Waals surface area contributed by atoms with E-state index in [0.29, 0.717) is 6.07 Å². The standard InChI is InChI=1S/C16H10F6N2O/c1-7-23-12-9-5-3-2-4-8(9)10(14(25)16(20,21)22)6-11(12)13(24-7)15(17,18)19/h2-7,23H,1H3. The summed E-state index contributed by atoms with van der Waals surface area (Å²) in [5.74, 6) is -2.20. The van der Waals surface area contributed by atoms with E-state index in [9.17, 15) is 31.1 Å². The zero-order chi connectivity index (χ0) is 18.6. The van der Waals surface area contributed by atoms with Crippen molar-refractivity contribution in [2.75, 3.05) is 5.32 Å². The van der Waals surface area contributed by atoms with Crippen LogP contribution >= 0.6 is 0 Å². The highest BCUT2D eigenvalue weighted by atomic mass is 19.4. The molecule has 9 heteroatoms. The van der Waals surface area contributed by atoms with E-state index in [1.165, 1.54) is 31.2 Å². The molecular weight excluding hydrogens is 350 g/mol. The lowest BCUT2D eigenvalue weighted by atomic mass is 9.92. The van der Waals surface area contributed by atoms with Gasteiger partial charge in [0.25, 0.3) is 5.78 Å². The molecule has 0 saturated heterocycles. The molecule has 1 aliphatic heterocycles. The molecule has 0 amide bonds. The van der Waals surface area contributed by atoms with Crippen molar-refractivity contribution < 1.29 is 31.1 Å². The number of nitrogens with one attached hydrogen (secondary N) is 1. The molecule has 3 nitrogen and oxygen atoms in total. The summed E-state index contributed by atoms with van der Waals surface area (Å²) in [5.41, 5.74) is -2.72. The largest absolute Gasteiger partial charge is 0.454 e. The molecule has 0 spiro atoms. The highest BCUT2D eigenvalue weighted by molar-refractivity contribution is 6.20. The van der Waals surface area contributed by atoms with Gasteiger partial charge in [0, 0.05) is 16.5 Å². The Hall–Kier alpha value is -2.58. The number of alkyl halides is 6. The molecule has 3 rings (SSSR count). The van der Waals surface area contributed by atoms with Gasteiger partial charge in [-0.1, -0.05) is 24.3 Å². The van der Waals surface area contributed by atoms with Crippen molar-refractivity contribution in [3.05, 3.63) is 41.5 Å². The zero-order valence-electron chi connectivity index (χ0n) is 12.6. The van der Waals surface area contributed by atoms with Gasteiger partial charge < -0.3 is 5.32 Å². The van der Waals surface area contributed by atoms with E-state index >= 15 is 0 Å². The van der Waals surface area contributed by atoms with Gasteiger partial charge in [0.05, 0.1) is 5.69 Å². The molecule has 0 radical (unpaired) electrons. The Kier molecular flexibility index (Phi) is 3.77. The van der Waals surface area contributed by atoms with Crippen LogP contribution in [0.1, 0.15) is 22.8 Å². The molecule has 0 fully saturated rings. The Bertz CT molecular complexity index is 898. The van der Waals surface area contributed by atoms with E-state index in [-0.39, 0.29) is 16.5 Å². The Morgan fingerprint density at radius 2 is 1.68 bits per heavy atom. The number of hydrogen-bond donors (Lipinski definition) is 1. The number of Topliss-reactive ketones (excluding diaryl/α,β-unsaturated/α-hetero) is 1. The lowest BCUT2D eigenvalue weighted by Crippen LogP contribution is -2.33. The lowest BCUT2D eigenvalue weighted by molar-refractivity contribution is -0.0884. The Morgan fingerprint density at radius 1 is 1.08 bits per heavy atom. The summed E-state index contributed by atoms with van der Waals surface area (Å²) < 4.78 is 78.5. The highest BCUT2D eigenvalue weighted by Crippen LogP contribution is 2.39. The van der Waals surface area contributed by atoms with Gasteiger partial charge in [-0.2, -0.15) is 26.3 Å². The first-order valence-corrected chi connectivity index (χ1v) is 7.09. The van der Waals surface area contributed by atoms with Crippen molar-refractivity contribution in [1.82, 2.24) is 0 Å². The molecule has 0 saturated carbocycles. The second kappa shape index (κ2) is 5.47. The molecule has 1 heterocycles. The van der Waals surface area contributed by atoms with Crippen LogP contribution in [0.2, 0.25) is 0 Å².